The van der Waals surface area contributed by atoms with E-state index in [1.54, 1.807) is 7.11 Å². The number of ether oxygens (including phenoxy) is 1. The smallest absolute Gasteiger partial charge is 0.0716 e. The van der Waals surface area contributed by atoms with E-state index in [0.29, 0.717) is 6.61 Å². The predicted molar refractivity (Wildman–Crippen MR) is 99.6 cm³/mol. The second kappa shape index (κ2) is 7.08. The molecule has 1 atom stereocenters. The summed E-state index contributed by atoms with van der Waals surface area (Å²) in [6, 6.07) is 29.7. The molecule has 0 aromatic heterocycles. The van der Waals surface area contributed by atoms with E-state index in [-0.39, 0.29) is 5.16 Å². The van der Waals surface area contributed by atoms with Crippen molar-refractivity contribution in [1.29, 1.82) is 0 Å². The molecule has 0 spiro atoms. The van der Waals surface area contributed by atoms with Gasteiger partial charge in [-0.25, -0.2) is 0 Å². The molecule has 2 heteroatoms. The van der Waals surface area contributed by atoms with E-state index in [4.69, 9.17) is 4.74 Å². The van der Waals surface area contributed by atoms with Crippen molar-refractivity contribution in [3.8, 4) is 0 Å². The van der Waals surface area contributed by atoms with Crippen molar-refractivity contribution in [3.63, 3.8) is 0 Å². The zero-order valence-corrected chi connectivity index (χ0v) is 14.4. The molecule has 0 aliphatic heterocycles. The first-order chi connectivity index (χ1) is 11.3. The lowest BCUT2D eigenvalue weighted by Gasteiger charge is -2.33. The van der Waals surface area contributed by atoms with Crippen LogP contribution in [0.5, 0.6) is 0 Å². The molecule has 1 unspecified atom stereocenters. The van der Waals surface area contributed by atoms with E-state index in [9.17, 15) is 0 Å². The molecule has 0 aliphatic rings. The Labute approximate surface area is 140 Å². The molecular formula is C21H21OP. The molecule has 23 heavy (non-hydrogen) atoms. The standard InChI is InChI=1S/C21H21OP/c1-22-16-17-10-8-9-15-20(17)21(23,18-11-4-2-5-12-18)19-13-6-3-7-14-19/h2-15H,16,23H2,1H3. The quantitative estimate of drug-likeness (QED) is 0.475. The highest BCUT2D eigenvalue weighted by Gasteiger charge is 2.32. The molecule has 0 amide bonds. The largest absolute Gasteiger partial charge is 0.380 e. The Morgan fingerprint density at radius 2 is 1.22 bits per heavy atom. The topological polar surface area (TPSA) is 9.23 Å². The molecule has 0 saturated carbocycles. The Balaban J connectivity index is 2.26. The first kappa shape index (κ1) is 15.9. The van der Waals surface area contributed by atoms with Crippen molar-refractivity contribution in [1.82, 2.24) is 0 Å². The molecule has 3 aromatic rings. The third-order valence-corrected chi connectivity index (χ3v) is 5.18. The van der Waals surface area contributed by atoms with Crippen molar-refractivity contribution in [2.24, 2.45) is 0 Å². The normalized spacial score (nSPS) is 11.4. The Morgan fingerprint density at radius 3 is 1.74 bits per heavy atom. The number of benzene rings is 3. The number of rotatable bonds is 5. The van der Waals surface area contributed by atoms with Crippen LogP contribution >= 0.6 is 9.24 Å². The van der Waals surface area contributed by atoms with Crippen LogP contribution in [0.1, 0.15) is 22.3 Å². The van der Waals surface area contributed by atoms with Crippen LogP contribution in [0.15, 0.2) is 84.9 Å². The third kappa shape index (κ3) is 3.08. The lowest BCUT2D eigenvalue weighted by molar-refractivity contribution is 0.184. The van der Waals surface area contributed by atoms with E-state index in [2.05, 4.69) is 94.2 Å². The van der Waals surface area contributed by atoms with Gasteiger partial charge in [-0.05, 0) is 22.3 Å². The molecule has 0 radical (unpaired) electrons. The summed E-state index contributed by atoms with van der Waals surface area (Å²) in [5.41, 5.74) is 4.96. The number of hydrogen-bond acceptors (Lipinski definition) is 1. The van der Waals surface area contributed by atoms with Crippen LogP contribution in [-0.2, 0) is 16.5 Å². The first-order valence-electron chi connectivity index (χ1n) is 7.74. The summed E-state index contributed by atoms with van der Waals surface area (Å²) >= 11 is 0. The van der Waals surface area contributed by atoms with Crippen LogP contribution in [0.4, 0.5) is 0 Å². The summed E-state index contributed by atoms with van der Waals surface area (Å²) in [5, 5.41) is -0.294. The van der Waals surface area contributed by atoms with Gasteiger partial charge in [-0.3, -0.25) is 0 Å². The Bertz CT molecular complexity index is 714. The summed E-state index contributed by atoms with van der Waals surface area (Å²) in [6.07, 6.45) is 0. The fourth-order valence-corrected chi connectivity index (χ4v) is 3.73. The molecule has 0 fully saturated rings. The van der Waals surface area contributed by atoms with Crippen LogP contribution in [-0.4, -0.2) is 7.11 Å². The van der Waals surface area contributed by atoms with Crippen molar-refractivity contribution in [2.75, 3.05) is 7.11 Å². The van der Waals surface area contributed by atoms with Crippen molar-refractivity contribution >= 4 is 9.24 Å². The summed E-state index contributed by atoms with van der Waals surface area (Å²) < 4.78 is 5.43. The fraction of sp³-hybridized carbons (Fsp3) is 0.143. The minimum atomic E-state index is -0.294. The zero-order chi connectivity index (χ0) is 16.1. The average molecular weight is 320 g/mol. The van der Waals surface area contributed by atoms with Crippen LogP contribution in [0.3, 0.4) is 0 Å². The molecule has 3 aromatic carbocycles. The van der Waals surface area contributed by atoms with Gasteiger partial charge in [0.15, 0.2) is 0 Å². The molecule has 116 valence electrons. The SMILES string of the molecule is COCc1ccccc1C(P)(c1ccccc1)c1ccccc1. The lowest BCUT2D eigenvalue weighted by atomic mass is 9.82. The molecule has 0 heterocycles. The van der Waals surface area contributed by atoms with Crippen LogP contribution in [0.2, 0.25) is 0 Å². The van der Waals surface area contributed by atoms with Gasteiger partial charge in [0, 0.05) is 7.11 Å². The van der Waals surface area contributed by atoms with Crippen LogP contribution < -0.4 is 0 Å². The van der Waals surface area contributed by atoms with Crippen LogP contribution in [0.25, 0.3) is 0 Å². The summed E-state index contributed by atoms with van der Waals surface area (Å²) in [6.45, 7) is 0.603. The Morgan fingerprint density at radius 1 is 0.739 bits per heavy atom. The van der Waals surface area contributed by atoms with Gasteiger partial charge in [-0.1, -0.05) is 84.9 Å². The van der Waals surface area contributed by atoms with E-state index in [1.165, 1.54) is 22.3 Å². The lowest BCUT2D eigenvalue weighted by Crippen LogP contribution is -2.23. The minimum absolute atomic E-state index is 0.294. The van der Waals surface area contributed by atoms with Gasteiger partial charge in [-0.15, -0.1) is 9.24 Å². The van der Waals surface area contributed by atoms with Gasteiger partial charge >= 0.3 is 0 Å². The molecule has 0 N–H and O–H groups in total. The second-order valence-electron chi connectivity index (χ2n) is 5.63. The van der Waals surface area contributed by atoms with Gasteiger partial charge < -0.3 is 4.74 Å². The summed E-state index contributed by atoms with van der Waals surface area (Å²) in [5.74, 6) is 0. The Hall–Kier alpha value is -1.95. The molecule has 1 nitrogen and oxygen atoms in total. The van der Waals surface area contributed by atoms with E-state index in [1.807, 2.05) is 0 Å². The maximum Gasteiger partial charge on any atom is 0.0716 e. The highest BCUT2D eigenvalue weighted by molar-refractivity contribution is 7.19. The van der Waals surface area contributed by atoms with Gasteiger partial charge in [-0.2, -0.15) is 0 Å². The van der Waals surface area contributed by atoms with Gasteiger partial charge in [0.25, 0.3) is 0 Å². The zero-order valence-electron chi connectivity index (χ0n) is 13.3. The van der Waals surface area contributed by atoms with Gasteiger partial charge in [0.2, 0.25) is 0 Å². The number of hydrogen-bond donors (Lipinski definition) is 0. The Kier molecular flexibility index (Phi) is 4.91. The van der Waals surface area contributed by atoms with E-state index < -0.39 is 0 Å². The van der Waals surface area contributed by atoms with Crippen molar-refractivity contribution in [3.05, 3.63) is 107 Å². The predicted octanol–water partition coefficient (Wildman–Crippen LogP) is 5.00. The minimum Gasteiger partial charge on any atom is -0.380 e. The molecular weight excluding hydrogens is 299 g/mol. The van der Waals surface area contributed by atoms with Crippen LogP contribution in [0, 0.1) is 0 Å². The molecule has 0 aliphatic carbocycles. The second-order valence-corrected chi connectivity index (χ2v) is 6.50. The molecule has 0 saturated heterocycles. The third-order valence-electron chi connectivity index (χ3n) is 4.20. The first-order valence-corrected chi connectivity index (χ1v) is 8.32. The summed E-state index contributed by atoms with van der Waals surface area (Å²) in [7, 11) is 4.83. The van der Waals surface area contributed by atoms with Gasteiger partial charge in [0.1, 0.15) is 0 Å². The summed E-state index contributed by atoms with van der Waals surface area (Å²) in [4.78, 5) is 0. The maximum absolute atomic E-state index is 5.43. The van der Waals surface area contributed by atoms with Crippen molar-refractivity contribution in [2.45, 2.75) is 11.8 Å². The maximum atomic E-state index is 5.43. The highest BCUT2D eigenvalue weighted by Crippen LogP contribution is 2.46. The molecule has 0 bridgehead atoms. The van der Waals surface area contributed by atoms with E-state index in [0.717, 1.165) is 0 Å². The molecule has 3 rings (SSSR count). The number of methoxy groups -OCH3 is 1. The van der Waals surface area contributed by atoms with Crippen molar-refractivity contribution < 1.29 is 4.74 Å². The average Bonchev–Trinajstić information content (AvgIpc) is 2.63. The van der Waals surface area contributed by atoms with E-state index >= 15 is 0 Å². The highest BCUT2D eigenvalue weighted by atomic mass is 31.0. The monoisotopic (exact) mass is 320 g/mol. The fourth-order valence-electron chi connectivity index (χ4n) is 3.07. The van der Waals surface area contributed by atoms with Gasteiger partial charge in [0.05, 0.1) is 11.8 Å².